The summed E-state index contributed by atoms with van der Waals surface area (Å²) < 4.78 is 4.80. The number of hydrogen-bond donors (Lipinski definition) is 2. The van der Waals surface area contributed by atoms with Crippen molar-refractivity contribution in [2.24, 2.45) is 4.99 Å². The largest absolute Gasteiger partial charge is 0.453 e. The van der Waals surface area contributed by atoms with E-state index in [-0.39, 0.29) is 30.1 Å². The van der Waals surface area contributed by atoms with E-state index in [4.69, 9.17) is 9.73 Å². The van der Waals surface area contributed by atoms with Crippen LogP contribution in [0.5, 0.6) is 0 Å². The molecule has 0 saturated carbocycles. The van der Waals surface area contributed by atoms with E-state index in [9.17, 15) is 4.79 Å². The van der Waals surface area contributed by atoms with Crippen molar-refractivity contribution in [3.05, 3.63) is 42.0 Å². The quantitative estimate of drug-likeness (QED) is 0.274. The monoisotopic (exact) mass is 513 g/mol. The molecule has 0 atom stereocenters. The number of likely N-dealkylation sites (tertiary alicyclic amines) is 1. The molecule has 2 N–H and O–H groups in total. The Labute approximate surface area is 190 Å². The van der Waals surface area contributed by atoms with Gasteiger partial charge in [0.15, 0.2) is 5.96 Å². The van der Waals surface area contributed by atoms with Crippen molar-refractivity contribution in [2.45, 2.75) is 32.4 Å². The number of anilines is 1. The van der Waals surface area contributed by atoms with E-state index >= 15 is 0 Å². The van der Waals surface area contributed by atoms with Gasteiger partial charge in [0, 0.05) is 44.5 Å². The first-order valence-corrected chi connectivity index (χ1v) is 10.1. The maximum atomic E-state index is 11.6. The van der Waals surface area contributed by atoms with Gasteiger partial charge in [0.2, 0.25) is 0 Å². The number of benzene rings is 1. The van der Waals surface area contributed by atoms with Crippen LogP contribution in [0.3, 0.4) is 0 Å². The fourth-order valence-corrected chi connectivity index (χ4v) is 3.56. The van der Waals surface area contributed by atoms with Crippen molar-refractivity contribution in [3.8, 4) is 0 Å². The average Bonchev–Trinajstić information content (AvgIpc) is 3.27. The summed E-state index contributed by atoms with van der Waals surface area (Å²) in [6, 6.07) is 8.89. The lowest BCUT2D eigenvalue weighted by atomic mass is 10.1. The van der Waals surface area contributed by atoms with Crippen molar-refractivity contribution < 1.29 is 9.53 Å². The molecular formula is C21H32IN5O2. The molecule has 29 heavy (non-hydrogen) atoms. The summed E-state index contributed by atoms with van der Waals surface area (Å²) in [5.41, 5.74) is 2.44. The smallest absolute Gasteiger partial charge is 0.409 e. The normalized spacial score (nSPS) is 17.1. The minimum absolute atomic E-state index is 0. The van der Waals surface area contributed by atoms with Gasteiger partial charge < -0.3 is 25.2 Å². The van der Waals surface area contributed by atoms with Gasteiger partial charge in [-0.2, -0.15) is 0 Å². The molecule has 1 aromatic rings. The van der Waals surface area contributed by atoms with Crippen molar-refractivity contribution in [1.82, 2.24) is 15.5 Å². The fraction of sp³-hybridized carbons (Fsp3) is 0.524. The molecule has 8 heteroatoms. The third kappa shape index (κ3) is 6.80. The number of hydrogen-bond acceptors (Lipinski definition) is 4. The summed E-state index contributed by atoms with van der Waals surface area (Å²) in [7, 11) is 1.43. The number of nitrogens with zero attached hydrogens (tertiary/aromatic N) is 3. The van der Waals surface area contributed by atoms with Gasteiger partial charge >= 0.3 is 6.09 Å². The van der Waals surface area contributed by atoms with E-state index in [0.29, 0.717) is 25.7 Å². The molecule has 0 bridgehead atoms. The highest BCUT2D eigenvalue weighted by atomic mass is 127. The summed E-state index contributed by atoms with van der Waals surface area (Å²) in [4.78, 5) is 20.5. The number of carbonyl (C=O) groups excluding carboxylic acids is 1. The summed E-state index contributed by atoms with van der Waals surface area (Å²) in [6.07, 6.45) is 5.92. The Morgan fingerprint density at radius 2 is 1.97 bits per heavy atom. The van der Waals surface area contributed by atoms with Crippen LogP contribution in [0.2, 0.25) is 0 Å². The third-order valence-corrected chi connectivity index (χ3v) is 5.13. The number of rotatable bonds is 5. The summed E-state index contributed by atoms with van der Waals surface area (Å²) in [5.74, 6) is 0.826. The molecule has 3 rings (SSSR count). The highest BCUT2D eigenvalue weighted by Crippen LogP contribution is 2.19. The Morgan fingerprint density at radius 3 is 2.62 bits per heavy atom. The first-order chi connectivity index (χ1) is 13.7. The van der Waals surface area contributed by atoms with Crippen LogP contribution in [-0.2, 0) is 11.3 Å². The number of methoxy groups -OCH3 is 1. The number of halogens is 1. The molecule has 0 radical (unpaired) electrons. The maximum absolute atomic E-state index is 11.6. The van der Waals surface area contributed by atoms with E-state index in [0.717, 1.165) is 38.4 Å². The topological polar surface area (TPSA) is 69.2 Å². The van der Waals surface area contributed by atoms with Gasteiger partial charge in [-0.3, -0.25) is 0 Å². The summed E-state index contributed by atoms with van der Waals surface area (Å²) in [5, 5.41) is 6.84. The van der Waals surface area contributed by atoms with Crippen LogP contribution in [0.1, 0.15) is 25.3 Å². The minimum atomic E-state index is -0.243. The van der Waals surface area contributed by atoms with Crippen molar-refractivity contribution >= 4 is 41.7 Å². The Kier molecular flexibility index (Phi) is 9.56. The van der Waals surface area contributed by atoms with Crippen molar-refractivity contribution in [1.29, 1.82) is 0 Å². The number of carbonyl (C=O) groups is 1. The number of amides is 1. The van der Waals surface area contributed by atoms with Crippen LogP contribution in [0, 0.1) is 0 Å². The lowest BCUT2D eigenvalue weighted by Crippen LogP contribution is -2.49. The standard InChI is InChI=1S/C21H31N5O2.HI/c1-3-22-20(24-18-9-13-26(14-10-18)21(27)28-2)23-16-17-7-6-8-19(15-17)25-11-4-5-12-25;/h4-8,15,18H,3,9-14,16H2,1-2H3,(H2,22,23,24);1H. The molecule has 1 amide bonds. The lowest BCUT2D eigenvalue weighted by molar-refractivity contribution is 0.111. The zero-order valence-electron chi connectivity index (χ0n) is 17.3. The number of aliphatic imine (C=N–C) groups is 1. The van der Waals surface area contributed by atoms with Crippen LogP contribution in [0.25, 0.3) is 0 Å². The first kappa shape index (κ1) is 23.3. The fourth-order valence-electron chi connectivity index (χ4n) is 3.56. The van der Waals surface area contributed by atoms with Crippen LogP contribution in [-0.4, -0.2) is 62.8 Å². The van der Waals surface area contributed by atoms with Gasteiger partial charge in [-0.05, 0) is 37.5 Å². The number of ether oxygens (including phenoxy) is 1. The predicted molar refractivity (Wildman–Crippen MR) is 128 cm³/mol. The zero-order valence-corrected chi connectivity index (χ0v) is 19.6. The average molecular weight is 513 g/mol. The van der Waals surface area contributed by atoms with E-state index in [1.807, 2.05) is 0 Å². The van der Waals surface area contributed by atoms with Crippen molar-refractivity contribution in [2.75, 3.05) is 44.7 Å². The van der Waals surface area contributed by atoms with Gasteiger partial charge in [-0.25, -0.2) is 9.79 Å². The molecule has 2 aliphatic rings. The molecule has 1 saturated heterocycles. The van der Waals surface area contributed by atoms with Crippen LogP contribution in [0.15, 0.2) is 41.4 Å². The van der Waals surface area contributed by atoms with Crippen LogP contribution in [0.4, 0.5) is 10.5 Å². The molecule has 160 valence electrons. The number of guanidine groups is 1. The van der Waals surface area contributed by atoms with Gasteiger partial charge in [0.25, 0.3) is 0 Å². The third-order valence-electron chi connectivity index (χ3n) is 5.13. The number of piperidine rings is 1. The van der Waals surface area contributed by atoms with Crippen LogP contribution >= 0.6 is 24.0 Å². The zero-order chi connectivity index (χ0) is 19.8. The SMILES string of the molecule is CCNC(=NCc1cccc(N2CC=CC2)c1)NC1CCN(C(=O)OC)CC1.I. The second-order valence-corrected chi connectivity index (χ2v) is 7.12. The molecule has 0 unspecified atom stereocenters. The van der Waals surface area contributed by atoms with Gasteiger partial charge in [-0.1, -0.05) is 24.3 Å². The molecule has 0 aromatic heterocycles. The van der Waals surface area contributed by atoms with E-state index in [2.05, 4.69) is 58.9 Å². The Bertz CT molecular complexity index is 709. The van der Waals surface area contributed by atoms with E-state index < -0.39 is 0 Å². The molecule has 2 heterocycles. The Hall–Kier alpha value is -1.97. The molecule has 2 aliphatic heterocycles. The minimum Gasteiger partial charge on any atom is -0.453 e. The van der Waals surface area contributed by atoms with Gasteiger partial charge in [0.1, 0.15) is 0 Å². The molecule has 1 fully saturated rings. The maximum Gasteiger partial charge on any atom is 0.409 e. The first-order valence-electron chi connectivity index (χ1n) is 10.1. The van der Waals surface area contributed by atoms with Crippen LogP contribution < -0.4 is 15.5 Å². The van der Waals surface area contributed by atoms with E-state index in [1.165, 1.54) is 18.4 Å². The van der Waals surface area contributed by atoms with Gasteiger partial charge in [-0.15, -0.1) is 24.0 Å². The Balaban J connectivity index is 0.00000300. The molecular weight excluding hydrogens is 481 g/mol. The lowest BCUT2D eigenvalue weighted by Gasteiger charge is -2.32. The highest BCUT2D eigenvalue weighted by Gasteiger charge is 2.23. The molecule has 0 spiro atoms. The van der Waals surface area contributed by atoms with Gasteiger partial charge in [0.05, 0.1) is 13.7 Å². The second-order valence-electron chi connectivity index (χ2n) is 7.12. The summed E-state index contributed by atoms with van der Waals surface area (Å²) >= 11 is 0. The highest BCUT2D eigenvalue weighted by molar-refractivity contribution is 14.0. The van der Waals surface area contributed by atoms with E-state index in [1.54, 1.807) is 4.90 Å². The predicted octanol–water partition coefficient (Wildman–Crippen LogP) is 2.97. The molecule has 7 nitrogen and oxygen atoms in total. The second kappa shape index (κ2) is 11.9. The number of nitrogens with one attached hydrogen (secondary N) is 2. The Morgan fingerprint density at radius 1 is 1.24 bits per heavy atom. The molecule has 0 aliphatic carbocycles. The molecule has 1 aromatic carbocycles. The summed E-state index contributed by atoms with van der Waals surface area (Å²) in [6.45, 7) is 6.86. The van der Waals surface area contributed by atoms with Crippen molar-refractivity contribution in [3.63, 3.8) is 0 Å².